The van der Waals surface area contributed by atoms with Crippen LogP contribution in [0.15, 0.2) is 18.2 Å². The van der Waals surface area contributed by atoms with Gasteiger partial charge in [0.25, 0.3) is 0 Å². The summed E-state index contributed by atoms with van der Waals surface area (Å²) in [5.74, 6) is 3.23. The molecule has 0 aromatic heterocycles. The highest BCUT2D eigenvalue weighted by Crippen LogP contribution is 2.45. The molecule has 1 aromatic carbocycles. The second-order valence-corrected chi connectivity index (χ2v) is 6.73. The van der Waals surface area contributed by atoms with Gasteiger partial charge in [0.2, 0.25) is 5.91 Å². The Balaban J connectivity index is 2.25. The topological polar surface area (TPSA) is 38.8 Å². The molecule has 6 heteroatoms. The van der Waals surface area contributed by atoms with Gasteiger partial charge in [0, 0.05) is 12.1 Å². The molecule has 116 valence electrons. The summed E-state index contributed by atoms with van der Waals surface area (Å²) in [5.41, 5.74) is 1.01. The van der Waals surface area contributed by atoms with Gasteiger partial charge in [-0.05, 0) is 24.5 Å². The van der Waals surface area contributed by atoms with Crippen LogP contribution in [0.3, 0.4) is 0 Å². The van der Waals surface area contributed by atoms with Gasteiger partial charge in [-0.25, -0.2) is 0 Å². The smallest absolute Gasteiger partial charge is 0.233 e. The summed E-state index contributed by atoms with van der Waals surface area (Å²) in [6.45, 7) is 0.789. The van der Waals surface area contributed by atoms with Gasteiger partial charge in [-0.3, -0.25) is 4.79 Å². The van der Waals surface area contributed by atoms with Crippen molar-refractivity contribution in [1.82, 2.24) is 4.90 Å². The van der Waals surface area contributed by atoms with E-state index in [1.165, 1.54) is 0 Å². The first-order chi connectivity index (χ1) is 10.2. The first-order valence-electron chi connectivity index (χ1n) is 6.83. The van der Waals surface area contributed by atoms with Crippen molar-refractivity contribution in [2.75, 3.05) is 38.5 Å². The van der Waals surface area contributed by atoms with Crippen molar-refractivity contribution in [2.24, 2.45) is 0 Å². The number of carbonyl (C=O) groups is 1. The van der Waals surface area contributed by atoms with Crippen LogP contribution in [0.2, 0.25) is 0 Å². The molecule has 0 radical (unpaired) electrons. The van der Waals surface area contributed by atoms with Crippen LogP contribution in [0.25, 0.3) is 0 Å². The summed E-state index contributed by atoms with van der Waals surface area (Å²) in [7, 11) is 3.27. The molecule has 1 atom stereocenters. The number of nitrogens with zero attached hydrogens (tertiary/aromatic N) is 1. The molecule has 4 nitrogen and oxygen atoms in total. The fraction of sp³-hybridized carbons (Fsp3) is 0.533. The minimum absolute atomic E-state index is 0.0180. The SMILES string of the molecule is COc1cccc(C2SCC(=O)N2CCCSC)c1OC. The monoisotopic (exact) mass is 327 g/mol. The fourth-order valence-electron chi connectivity index (χ4n) is 2.44. The molecular formula is C15H21NO3S2. The molecule has 2 rings (SSSR count). The average molecular weight is 327 g/mol. The molecule has 0 spiro atoms. The highest BCUT2D eigenvalue weighted by atomic mass is 32.2. The summed E-state index contributed by atoms with van der Waals surface area (Å²) in [5, 5.41) is 0.0180. The van der Waals surface area contributed by atoms with E-state index in [9.17, 15) is 4.79 Å². The van der Waals surface area contributed by atoms with E-state index >= 15 is 0 Å². The van der Waals surface area contributed by atoms with Crippen molar-refractivity contribution in [1.29, 1.82) is 0 Å². The molecule has 1 amide bonds. The van der Waals surface area contributed by atoms with E-state index in [0.29, 0.717) is 11.5 Å². The molecule has 1 heterocycles. The maximum Gasteiger partial charge on any atom is 0.233 e. The normalized spacial score (nSPS) is 18.1. The molecule has 21 heavy (non-hydrogen) atoms. The van der Waals surface area contributed by atoms with Crippen molar-refractivity contribution in [3.05, 3.63) is 23.8 Å². The minimum Gasteiger partial charge on any atom is -0.493 e. The Bertz CT molecular complexity index is 496. The Morgan fingerprint density at radius 3 is 2.86 bits per heavy atom. The number of methoxy groups -OCH3 is 2. The molecule has 1 fully saturated rings. The van der Waals surface area contributed by atoms with Crippen LogP contribution in [-0.4, -0.2) is 49.3 Å². The number of ether oxygens (including phenoxy) is 2. The van der Waals surface area contributed by atoms with Crippen molar-refractivity contribution >= 4 is 29.4 Å². The van der Waals surface area contributed by atoms with Crippen LogP contribution < -0.4 is 9.47 Å². The molecule has 1 aliphatic heterocycles. The van der Waals surface area contributed by atoms with E-state index in [0.717, 1.165) is 30.0 Å². The first kappa shape index (κ1) is 16.4. The predicted molar refractivity (Wildman–Crippen MR) is 89.5 cm³/mol. The van der Waals surface area contributed by atoms with Crippen LogP contribution in [0.5, 0.6) is 11.5 Å². The third kappa shape index (κ3) is 3.61. The van der Waals surface area contributed by atoms with Gasteiger partial charge in [0.1, 0.15) is 5.37 Å². The maximum atomic E-state index is 12.1. The Morgan fingerprint density at radius 1 is 1.38 bits per heavy atom. The molecule has 1 aromatic rings. The summed E-state index contributed by atoms with van der Waals surface area (Å²) in [4.78, 5) is 14.1. The third-order valence-corrected chi connectivity index (χ3v) is 5.35. The maximum absolute atomic E-state index is 12.1. The van der Waals surface area contributed by atoms with Crippen LogP contribution in [0.4, 0.5) is 0 Å². The highest BCUT2D eigenvalue weighted by Gasteiger charge is 2.34. The molecule has 0 aliphatic carbocycles. The Hall–Kier alpha value is -1.01. The lowest BCUT2D eigenvalue weighted by Gasteiger charge is -2.26. The van der Waals surface area contributed by atoms with E-state index in [-0.39, 0.29) is 11.3 Å². The third-order valence-electron chi connectivity index (χ3n) is 3.42. The van der Waals surface area contributed by atoms with E-state index in [4.69, 9.17) is 9.47 Å². The zero-order valence-corrected chi connectivity index (χ0v) is 14.3. The predicted octanol–water partition coefficient (Wildman–Crippen LogP) is 3.03. The van der Waals surface area contributed by atoms with E-state index in [1.54, 1.807) is 26.0 Å². The highest BCUT2D eigenvalue weighted by molar-refractivity contribution is 8.00. The summed E-state index contributed by atoms with van der Waals surface area (Å²) in [6.07, 6.45) is 3.10. The quantitative estimate of drug-likeness (QED) is 0.720. The number of thioether (sulfide) groups is 2. The van der Waals surface area contributed by atoms with E-state index in [2.05, 4.69) is 6.26 Å². The fourth-order valence-corrected chi connectivity index (χ4v) is 4.09. The lowest BCUT2D eigenvalue weighted by Crippen LogP contribution is -2.29. The zero-order valence-electron chi connectivity index (χ0n) is 12.6. The number of carbonyl (C=O) groups excluding carboxylic acids is 1. The largest absolute Gasteiger partial charge is 0.493 e. The number of hydrogen-bond donors (Lipinski definition) is 0. The first-order valence-corrected chi connectivity index (χ1v) is 9.28. The van der Waals surface area contributed by atoms with Crippen LogP contribution in [0.1, 0.15) is 17.4 Å². The lowest BCUT2D eigenvalue weighted by molar-refractivity contribution is -0.128. The van der Waals surface area contributed by atoms with Crippen molar-refractivity contribution < 1.29 is 14.3 Å². The molecule has 0 bridgehead atoms. The van der Waals surface area contributed by atoms with Gasteiger partial charge in [-0.1, -0.05) is 12.1 Å². The van der Waals surface area contributed by atoms with Gasteiger partial charge < -0.3 is 14.4 Å². The van der Waals surface area contributed by atoms with Crippen molar-refractivity contribution in [3.8, 4) is 11.5 Å². The summed E-state index contributed by atoms with van der Waals surface area (Å²) in [6, 6.07) is 5.83. The second kappa shape index (κ2) is 7.84. The van der Waals surface area contributed by atoms with Gasteiger partial charge in [-0.15, -0.1) is 11.8 Å². The molecule has 0 saturated carbocycles. The number of rotatable bonds is 7. The Labute approximate surface area is 134 Å². The second-order valence-electron chi connectivity index (χ2n) is 4.68. The van der Waals surface area contributed by atoms with Gasteiger partial charge in [0.05, 0.1) is 20.0 Å². The molecular weight excluding hydrogens is 306 g/mol. The van der Waals surface area contributed by atoms with Crippen molar-refractivity contribution in [3.63, 3.8) is 0 Å². The number of benzene rings is 1. The molecule has 1 saturated heterocycles. The van der Waals surface area contributed by atoms with Crippen LogP contribution >= 0.6 is 23.5 Å². The molecule has 1 unspecified atom stereocenters. The Kier molecular flexibility index (Phi) is 6.11. The van der Waals surface area contributed by atoms with Gasteiger partial charge >= 0.3 is 0 Å². The number of para-hydroxylation sites is 1. The summed E-state index contributed by atoms with van der Waals surface area (Å²) < 4.78 is 10.9. The summed E-state index contributed by atoms with van der Waals surface area (Å²) >= 11 is 3.46. The molecule has 1 aliphatic rings. The minimum atomic E-state index is 0.0180. The zero-order chi connectivity index (χ0) is 15.2. The number of amides is 1. The number of hydrogen-bond acceptors (Lipinski definition) is 5. The van der Waals surface area contributed by atoms with Gasteiger partial charge in [-0.2, -0.15) is 11.8 Å². The Morgan fingerprint density at radius 2 is 2.19 bits per heavy atom. The van der Waals surface area contributed by atoms with Crippen LogP contribution in [0, 0.1) is 0 Å². The lowest BCUT2D eigenvalue weighted by atomic mass is 10.1. The van der Waals surface area contributed by atoms with Crippen molar-refractivity contribution in [2.45, 2.75) is 11.8 Å². The standard InChI is InChI=1S/C15H21NO3S2/c1-18-12-7-4-6-11(14(12)19-2)15-16(8-5-9-20-3)13(17)10-21-15/h4,6-7,15H,5,8-10H2,1-3H3. The average Bonchev–Trinajstić information content (AvgIpc) is 2.87. The van der Waals surface area contributed by atoms with Crippen LogP contribution in [-0.2, 0) is 4.79 Å². The van der Waals surface area contributed by atoms with E-state index < -0.39 is 0 Å². The van der Waals surface area contributed by atoms with Gasteiger partial charge in [0.15, 0.2) is 11.5 Å². The molecule has 0 N–H and O–H groups in total. The van der Waals surface area contributed by atoms with E-state index in [1.807, 2.05) is 34.9 Å².